The first kappa shape index (κ1) is 13.6. The van der Waals surface area contributed by atoms with Crippen LogP contribution in [0.2, 0.25) is 0 Å². The maximum absolute atomic E-state index is 10.4. The lowest BCUT2D eigenvalue weighted by molar-refractivity contribution is -0.138. The van der Waals surface area contributed by atoms with Crippen LogP contribution in [0.25, 0.3) is 0 Å². The summed E-state index contributed by atoms with van der Waals surface area (Å²) in [4.78, 5) is 27.3. The van der Waals surface area contributed by atoms with Crippen LogP contribution in [0.3, 0.4) is 0 Å². The van der Waals surface area contributed by atoms with Gasteiger partial charge in [-0.15, -0.1) is 0 Å². The van der Waals surface area contributed by atoms with E-state index in [1.807, 2.05) is 0 Å². The number of carbonyl (C=O) groups is 1. The molecule has 6 nitrogen and oxygen atoms in total. The minimum absolute atomic E-state index is 0.144. The highest BCUT2D eigenvalue weighted by atomic mass is 31.2. The van der Waals surface area contributed by atoms with Crippen LogP contribution >= 0.6 is 7.60 Å². The molecule has 0 aromatic rings. The molecule has 0 aliphatic rings. The Morgan fingerprint density at radius 3 is 2.29 bits per heavy atom. The summed E-state index contributed by atoms with van der Waals surface area (Å²) in [5.74, 6) is -1.04. The van der Waals surface area contributed by atoms with Gasteiger partial charge in [0.1, 0.15) is 6.04 Å². The van der Waals surface area contributed by atoms with Crippen molar-refractivity contribution < 1.29 is 24.3 Å². The molecule has 0 unspecified atom stereocenters. The van der Waals surface area contributed by atoms with Gasteiger partial charge in [0.2, 0.25) is 0 Å². The number of carboxylic acids is 1. The van der Waals surface area contributed by atoms with Crippen molar-refractivity contribution in [2.45, 2.75) is 31.7 Å². The van der Waals surface area contributed by atoms with Gasteiger partial charge < -0.3 is 20.6 Å². The van der Waals surface area contributed by atoms with Crippen molar-refractivity contribution >= 4 is 13.6 Å². The summed E-state index contributed by atoms with van der Waals surface area (Å²) in [6.07, 6.45) is 1.77. The molecule has 7 heteroatoms. The maximum Gasteiger partial charge on any atom is 0.325 e. The molecule has 5 N–H and O–H groups in total. The smallest absolute Gasteiger partial charge is 0.325 e. The van der Waals surface area contributed by atoms with Crippen LogP contribution in [0.15, 0.2) is 0 Å². The van der Waals surface area contributed by atoms with Crippen LogP contribution in [-0.4, -0.2) is 33.1 Å². The van der Waals surface area contributed by atoms with Crippen LogP contribution in [0.5, 0.6) is 0 Å². The summed E-state index contributed by atoms with van der Waals surface area (Å²) in [6, 6.07) is -0.870. The third kappa shape index (κ3) is 8.19. The molecule has 0 aliphatic heterocycles. The fourth-order valence-corrected chi connectivity index (χ4v) is 1.62. The summed E-state index contributed by atoms with van der Waals surface area (Å²) in [7, 11) is -3.90. The molecule has 0 aromatic heterocycles. The first-order chi connectivity index (χ1) is 6.33. The van der Waals surface area contributed by atoms with Gasteiger partial charge in [0, 0.05) is 6.16 Å². The maximum atomic E-state index is 10.4. The average Bonchev–Trinajstić information content (AvgIpc) is 2.01. The molecule has 0 rings (SSSR count). The second kappa shape index (κ2) is 6.14. The summed E-state index contributed by atoms with van der Waals surface area (Å²) >= 11 is 0. The standard InChI is InChI=1S/C7H16NO5P/c8-6(7(9)10)4-2-1-3-5-14(11,12)13/h6H,1-5,8H2,(H,9,10)(H2,11,12,13)/t6-/m1/s1. The van der Waals surface area contributed by atoms with Crippen molar-refractivity contribution in [3.8, 4) is 0 Å². The Hall–Kier alpha value is -0.420. The number of rotatable bonds is 7. The number of hydrogen-bond acceptors (Lipinski definition) is 3. The van der Waals surface area contributed by atoms with Gasteiger partial charge in [-0.3, -0.25) is 9.36 Å². The molecule has 0 heterocycles. The number of unbranched alkanes of at least 4 members (excludes halogenated alkanes) is 2. The molecule has 0 aliphatic carbocycles. The Balaban J connectivity index is 3.39. The summed E-state index contributed by atoms with van der Waals surface area (Å²) in [5.41, 5.74) is 5.23. The van der Waals surface area contributed by atoms with E-state index in [9.17, 15) is 9.36 Å². The largest absolute Gasteiger partial charge is 0.480 e. The zero-order valence-electron chi connectivity index (χ0n) is 7.80. The second-order valence-corrected chi connectivity index (χ2v) is 4.96. The van der Waals surface area contributed by atoms with Crippen molar-refractivity contribution in [2.75, 3.05) is 6.16 Å². The number of aliphatic carboxylic acids is 1. The lowest BCUT2D eigenvalue weighted by Crippen LogP contribution is -2.29. The lowest BCUT2D eigenvalue weighted by atomic mass is 10.1. The molecule has 0 aromatic carbocycles. The van der Waals surface area contributed by atoms with Crippen molar-refractivity contribution in [2.24, 2.45) is 5.73 Å². The van der Waals surface area contributed by atoms with Gasteiger partial charge >= 0.3 is 13.6 Å². The monoisotopic (exact) mass is 225 g/mol. The minimum Gasteiger partial charge on any atom is -0.480 e. The topological polar surface area (TPSA) is 121 Å². The Bertz CT molecular complexity index is 226. The fourth-order valence-electron chi connectivity index (χ4n) is 0.982. The molecule has 1 atom stereocenters. The molecule has 0 bridgehead atoms. The molecule has 0 spiro atoms. The van der Waals surface area contributed by atoms with Crippen LogP contribution in [0, 0.1) is 0 Å². The zero-order valence-corrected chi connectivity index (χ0v) is 8.69. The molecule has 0 fully saturated rings. The lowest BCUT2D eigenvalue weighted by Gasteiger charge is -2.06. The molecule has 0 amide bonds. The summed E-state index contributed by atoms with van der Waals surface area (Å²) in [6.45, 7) is 0. The van der Waals surface area contributed by atoms with E-state index >= 15 is 0 Å². The molecule has 14 heavy (non-hydrogen) atoms. The highest BCUT2D eigenvalue weighted by Gasteiger charge is 2.13. The van der Waals surface area contributed by atoms with E-state index in [1.54, 1.807) is 0 Å². The molecular formula is C7H16NO5P. The first-order valence-corrected chi connectivity index (χ1v) is 6.15. The van der Waals surface area contributed by atoms with Gasteiger partial charge in [-0.1, -0.05) is 12.8 Å². The number of carboxylic acid groups (broad SMARTS) is 1. The predicted molar refractivity (Wildman–Crippen MR) is 51.0 cm³/mol. The van der Waals surface area contributed by atoms with Crippen LogP contribution in [0.1, 0.15) is 25.7 Å². The van der Waals surface area contributed by atoms with Crippen LogP contribution in [0.4, 0.5) is 0 Å². The van der Waals surface area contributed by atoms with E-state index in [2.05, 4.69) is 0 Å². The van der Waals surface area contributed by atoms with E-state index in [-0.39, 0.29) is 6.16 Å². The Labute approximate surface area is 82.3 Å². The van der Waals surface area contributed by atoms with Crippen molar-refractivity contribution in [1.82, 2.24) is 0 Å². The Morgan fingerprint density at radius 1 is 1.29 bits per heavy atom. The average molecular weight is 225 g/mol. The van der Waals surface area contributed by atoms with E-state index in [4.69, 9.17) is 20.6 Å². The fraction of sp³-hybridized carbons (Fsp3) is 0.857. The quantitative estimate of drug-likeness (QED) is 0.361. The number of hydrogen-bond donors (Lipinski definition) is 4. The van der Waals surface area contributed by atoms with Crippen LogP contribution < -0.4 is 5.73 Å². The van der Waals surface area contributed by atoms with Gasteiger partial charge in [-0.05, 0) is 12.8 Å². The highest BCUT2D eigenvalue weighted by molar-refractivity contribution is 7.51. The Morgan fingerprint density at radius 2 is 1.86 bits per heavy atom. The van der Waals surface area contributed by atoms with Crippen molar-refractivity contribution in [3.63, 3.8) is 0 Å². The van der Waals surface area contributed by atoms with E-state index in [0.717, 1.165) is 0 Å². The zero-order chi connectivity index (χ0) is 11.2. The summed E-state index contributed by atoms with van der Waals surface area (Å²) in [5, 5.41) is 8.42. The third-order valence-electron chi connectivity index (χ3n) is 1.78. The van der Waals surface area contributed by atoms with Gasteiger partial charge in [-0.2, -0.15) is 0 Å². The van der Waals surface area contributed by atoms with E-state index in [0.29, 0.717) is 25.7 Å². The van der Waals surface area contributed by atoms with Gasteiger partial charge in [0.15, 0.2) is 0 Å². The third-order valence-corrected chi connectivity index (χ3v) is 2.68. The van der Waals surface area contributed by atoms with Gasteiger partial charge in [-0.25, -0.2) is 0 Å². The van der Waals surface area contributed by atoms with Gasteiger partial charge in [0.05, 0.1) is 0 Å². The predicted octanol–water partition coefficient (Wildman–Crippen LogP) is 0.136. The number of nitrogens with two attached hydrogens (primary N) is 1. The van der Waals surface area contributed by atoms with E-state index < -0.39 is 19.6 Å². The normalized spacial score (nSPS) is 13.9. The van der Waals surface area contributed by atoms with Gasteiger partial charge in [0.25, 0.3) is 0 Å². The molecule has 0 radical (unpaired) electrons. The first-order valence-electron chi connectivity index (χ1n) is 4.36. The minimum atomic E-state index is -3.90. The SMILES string of the molecule is N[C@H](CCCCCP(=O)(O)O)C(=O)O. The summed E-state index contributed by atoms with van der Waals surface area (Å²) < 4.78 is 10.4. The highest BCUT2D eigenvalue weighted by Crippen LogP contribution is 2.35. The Kier molecular flexibility index (Phi) is 5.95. The molecule has 84 valence electrons. The molecule has 0 saturated carbocycles. The molecular weight excluding hydrogens is 209 g/mol. The van der Waals surface area contributed by atoms with E-state index in [1.165, 1.54) is 0 Å². The second-order valence-electron chi connectivity index (χ2n) is 3.18. The van der Waals surface area contributed by atoms with Crippen molar-refractivity contribution in [3.05, 3.63) is 0 Å². The molecule has 0 saturated heterocycles. The van der Waals surface area contributed by atoms with Crippen LogP contribution in [-0.2, 0) is 9.36 Å². The van der Waals surface area contributed by atoms with Crippen molar-refractivity contribution in [1.29, 1.82) is 0 Å².